The van der Waals surface area contributed by atoms with Crippen LogP contribution in [0.3, 0.4) is 0 Å². The van der Waals surface area contributed by atoms with Crippen LogP contribution in [-0.4, -0.2) is 34.2 Å². The second kappa shape index (κ2) is 12.9. The summed E-state index contributed by atoms with van der Waals surface area (Å²) in [6.07, 6.45) is 8.64. The number of hydrogen-bond acceptors (Lipinski definition) is 2. The molecular weight excluding hydrogens is 584 g/mol. The second-order valence-corrected chi connectivity index (χ2v) is 11.4. The molecule has 2 aromatic heterocycles. The van der Waals surface area contributed by atoms with Crippen molar-refractivity contribution in [2.75, 3.05) is 0 Å². The van der Waals surface area contributed by atoms with Gasteiger partial charge in [0.25, 0.3) is 0 Å². The summed E-state index contributed by atoms with van der Waals surface area (Å²) in [7, 11) is 0. The van der Waals surface area contributed by atoms with Gasteiger partial charge in [0.05, 0.1) is 0 Å². The normalized spacial score (nSPS) is 21.8. The van der Waals surface area contributed by atoms with E-state index in [2.05, 4.69) is 27.4 Å². The molecule has 226 valence electrons. The SMILES string of the molecule is C=CC1=C(C)C2Cc3[n-]c(c(C)c3CC)/C=C3\[N-]C(Cc4[n-]c(c(C)c4CCC(=O)O)/C=C/1[N-]2)C(CCC(=O)O)=C3C.[Fe+4]. The fraction of sp³-hybridized carbons (Fsp3) is 0.412. The van der Waals surface area contributed by atoms with E-state index in [0.717, 1.165) is 79.6 Å². The van der Waals surface area contributed by atoms with Gasteiger partial charge in [0, 0.05) is 12.8 Å². The molecule has 0 fully saturated rings. The summed E-state index contributed by atoms with van der Waals surface area (Å²) in [5.74, 6) is -1.72. The number of carbonyl (C=O) groups is 2. The van der Waals surface area contributed by atoms with Crippen LogP contribution in [0.4, 0.5) is 0 Å². The zero-order valence-corrected chi connectivity index (χ0v) is 26.5. The third kappa shape index (κ3) is 6.20. The van der Waals surface area contributed by atoms with Crippen molar-refractivity contribution < 1.29 is 36.9 Å². The molecule has 2 atom stereocenters. The molecule has 5 heterocycles. The Bertz CT molecular complexity index is 1600. The standard InChI is InChI=1S/C34H38N4O4.Fe/c1-7-21-17(3)25-13-26-19(5)23(9-11-33(39)40)31(37-26)16-32-24(10-12-34(41)42)20(6)28(38-32)15-30-22(8-2)18(4)27(36-30)14-29(21)35-25;/h8,13,15,27,31H,2,7,9-12,14,16H2,1,3-6H3,(H,39,40)(H,41,42);/q-4;+4/b26-13-,30-15-;. The largest absolute Gasteiger partial charge is 4.00 e. The van der Waals surface area contributed by atoms with Gasteiger partial charge in [-0.05, 0) is 52.5 Å². The van der Waals surface area contributed by atoms with E-state index in [-0.39, 0.29) is 42.0 Å². The van der Waals surface area contributed by atoms with Gasteiger partial charge in [-0.15, -0.1) is 22.8 Å². The van der Waals surface area contributed by atoms with Crippen molar-refractivity contribution >= 4 is 24.1 Å². The van der Waals surface area contributed by atoms with Gasteiger partial charge in [-0.25, -0.2) is 0 Å². The predicted molar refractivity (Wildman–Crippen MR) is 164 cm³/mol. The number of aromatic nitrogens is 2. The van der Waals surface area contributed by atoms with Crippen molar-refractivity contribution in [2.24, 2.45) is 0 Å². The molecule has 0 saturated carbocycles. The Hall–Kier alpha value is -3.68. The molecule has 9 heteroatoms. The van der Waals surface area contributed by atoms with Gasteiger partial charge in [0.2, 0.25) is 0 Å². The number of carboxylic acids is 2. The van der Waals surface area contributed by atoms with Crippen LogP contribution in [0.25, 0.3) is 22.8 Å². The number of aliphatic carboxylic acids is 2. The first-order valence-electron chi connectivity index (χ1n) is 14.6. The molecule has 2 aromatic rings. The van der Waals surface area contributed by atoms with E-state index in [0.29, 0.717) is 25.7 Å². The zero-order chi connectivity index (χ0) is 30.3. The molecule has 43 heavy (non-hydrogen) atoms. The van der Waals surface area contributed by atoms with Crippen molar-refractivity contribution in [3.63, 3.8) is 0 Å². The van der Waals surface area contributed by atoms with Crippen LogP contribution in [0, 0.1) is 13.8 Å². The summed E-state index contributed by atoms with van der Waals surface area (Å²) >= 11 is 0. The number of fused-ring (bicyclic) bond motifs is 8. The topological polar surface area (TPSA) is 131 Å². The van der Waals surface area contributed by atoms with Gasteiger partial charge < -0.3 is 30.8 Å². The summed E-state index contributed by atoms with van der Waals surface area (Å²) in [6, 6.07) is -0.350. The van der Waals surface area contributed by atoms with Crippen molar-refractivity contribution in [3.05, 3.63) is 102 Å². The van der Waals surface area contributed by atoms with Gasteiger partial charge in [-0.3, -0.25) is 9.59 Å². The molecular formula is C34H38FeN4O4. The molecule has 2 N–H and O–H groups in total. The second-order valence-electron chi connectivity index (χ2n) is 11.4. The molecule has 8 bridgehead atoms. The van der Waals surface area contributed by atoms with E-state index in [1.54, 1.807) is 0 Å². The van der Waals surface area contributed by atoms with Gasteiger partial charge in [0.1, 0.15) is 0 Å². The average molecular weight is 623 g/mol. The van der Waals surface area contributed by atoms with Crippen LogP contribution in [0.1, 0.15) is 85.1 Å². The smallest absolute Gasteiger partial charge is 0.678 e. The summed E-state index contributed by atoms with van der Waals surface area (Å²) in [5.41, 5.74) is 13.5. The summed E-state index contributed by atoms with van der Waals surface area (Å²) in [4.78, 5) is 33.2. The van der Waals surface area contributed by atoms with E-state index >= 15 is 0 Å². The van der Waals surface area contributed by atoms with Gasteiger partial charge in [-0.2, -0.15) is 11.4 Å². The Kier molecular flexibility index (Phi) is 9.67. The third-order valence-electron chi connectivity index (χ3n) is 9.01. The monoisotopic (exact) mass is 622 g/mol. The molecule has 0 radical (unpaired) electrons. The maximum atomic E-state index is 11.5. The summed E-state index contributed by atoms with van der Waals surface area (Å²) < 4.78 is 0. The van der Waals surface area contributed by atoms with Crippen molar-refractivity contribution in [1.29, 1.82) is 0 Å². The van der Waals surface area contributed by atoms with E-state index in [1.807, 2.05) is 32.1 Å². The van der Waals surface area contributed by atoms with Crippen LogP contribution in [0.15, 0.2) is 46.3 Å². The van der Waals surface area contributed by atoms with Crippen molar-refractivity contribution in [3.8, 4) is 0 Å². The summed E-state index contributed by atoms with van der Waals surface area (Å²) in [5, 5.41) is 29.2. The minimum atomic E-state index is -0.863. The predicted octanol–water partition coefficient (Wildman–Crippen LogP) is 6.47. The molecule has 3 aliphatic heterocycles. The first kappa shape index (κ1) is 32.2. The molecule has 0 spiro atoms. The van der Waals surface area contributed by atoms with Crippen LogP contribution >= 0.6 is 0 Å². The van der Waals surface area contributed by atoms with Crippen LogP contribution in [-0.2, 0) is 52.3 Å². The van der Waals surface area contributed by atoms with E-state index in [1.165, 1.54) is 5.56 Å². The number of carboxylic acid groups (broad SMARTS) is 2. The number of rotatable bonds is 8. The quantitative estimate of drug-likeness (QED) is 0.325. The molecule has 0 aromatic carbocycles. The molecule has 0 saturated heterocycles. The van der Waals surface area contributed by atoms with E-state index in [9.17, 15) is 19.8 Å². The summed E-state index contributed by atoms with van der Waals surface area (Å²) in [6.45, 7) is 14.4. The minimum absolute atomic E-state index is 0. The molecule has 5 rings (SSSR count). The molecule has 0 amide bonds. The number of nitrogens with zero attached hydrogens (tertiary/aromatic N) is 4. The first-order chi connectivity index (χ1) is 20.0. The Morgan fingerprint density at radius 1 is 0.860 bits per heavy atom. The van der Waals surface area contributed by atoms with Crippen molar-refractivity contribution in [1.82, 2.24) is 9.97 Å². The fourth-order valence-electron chi connectivity index (χ4n) is 6.57. The maximum Gasteiger partial charge on any atom is 4.00 e. The molecule has 8 nitrogen and oxygen atoms in total. The van der Waals surface area contributed by atoms with Crippen LogP contribution < -0.4 is 9.97 Å². The zero-order valence-electron chi connectivity index (χ0n) is 25.4. The number of hydrogen-bond donors (Lipinski definition) is 2. The van der Waals surface area contributed by atoms with Crippen LogP contribution in [0.2, 0.25) is 0 Å². The Balaban J connectivity index is 0.00000423. The van der Waals surface area contributed by atoms with Crippen molar-refractivity contribution in [2.45, 2.75) is 91.6 Å². The third-order valence-corrected chi connectivity index (χ3v) is 9.01. The molecule has 3 aliphatic rings. The Morgan fingerprint density at radius 2 is 1.40 bits per heavy atom. The average Bonchev–Trinajstić information content (AvgIpc) is 3.59. The van der Waals surface area contributed by atoms with Gasteiger partial charge in [-0.1, -0.05) is 95.6 Å². The van der Waals surface area contributed by atoms with E-state index < -0.39 is 11.9 Å². The molecule has 0 aliphatic carbocycles. The first-order valence-corrected chi connectivity index (χ1v) is 14.6. The minimum Gasteiger partial charge on any atom is -0.678 e. The Morgan fingerprint density at radius 3 is 2.00 bits per heavy atom. The van der Waals surface area contributed by atoms with Crippen LogP contribution in [0.5, 0.6) is 0 Å². The van der Waals surface area contributed by atoms with Gasteiger partial charge in [0.15, 0.2) is 0 Å². The molecule has 2 unspecified atom stereocenters. The fourth-order valence-corrected chi connectivity index (χ4v) is 6.57. The Labute approximate surface area is 264 Å². The van der Waals surface area contributed by atoms with E-state index in [4.69, 9.17) is 20.6 Å². The van der Waals surface area contributed by atoms with Gasteiger partial charge >= 0.3 is 29.0 Å². The number of allylic oxidation sites excluding steroid dienone is 2. The maximum absolute atomic E-state index is 11.5.